The fourth-order valence-corrected chi connectivity index (χ4v) is 3.03. The Balaban J connectivity index is 2.80. The molecule has 1 aromatic carbocycles. The Kier molecular flexibility index (Phi) is 5.61. The Morgan fingerprint density at radius 3 is 2.50 bits per heavy atom. The first-order valence-corrected chi connectivity index (χ1v) is 7.81. The molecule has 0 spiro atoms. The van der Waals surface area contributed by atoms with E-state index >= 15 is 0 Å². The molecule has 0 aliphatic carbocycles. The second-order valence-corrected chi connectivity index (χ2v) is 7.19. The van der Waals surface area contributed by atoms with Gasteiger partial charge in [0.2, 0.25) is 10.0 Å². The van der Waals surface area contributed by atoms with Crippen LogP contribution in [0.2, 0.25) is 0 Å². The van der Waals surface area contributed by atoms with Gasteiger partial charge in [-0.25, -0.2) is 21.9 Å². The standard InChI is InChI=1S/C13H20F2N2O2S/c1-13(2,6-3-7-16)9-17-20(18,19)12-5-4-10(14)8-11(12)15/h4-5,8,17H,3,6-7,9,16H2,1-2H3. The van der Waals surface area contributed by atoms with Crippen LogP contribution in [0.4, 0.5) is 8.78 Å². The summed E-state index contributed by atoms with van der Waals surface area (Å²) < 4.78 is 52.6. The highest BCUT2D eigenvalue weighted by atomic mass is 32.2. The molecule has 0 amide bonds. The molecule has 0 heterocycles. The van der Waals surface area contributed by atoms with Crippen molar-refractivity contribution < 1.29 is 17.2 Å². The molecule has 0 aromatic heterocycles. The fraction of sp³-hybridized carbons (Fsp3) is 0.538. The van der Waals surface area contributed by atoms with E-state index in [0.29, 0.717) is 12.6 Å². The average Bonchev–Trinajstić information content (AvgIpc) is 2.34. The molecule has 0 aliphatic heterocycles. The third kappa shape index (κ3) is 4.81. The van der Waals surface area contributed by atoms with Crippen molar-refractivity contribution >= 4 is 10.0 Å². The van der Waals surface area contributed by atoms with Gasteiger partial charge >= 0.3 is 0 Å². The zero-order chi connectivity index (χ0) is 15.4. The van der Waals surface area contributed by atoms with Crippen molar-refractivity contribution in [2.45, 2.75) is 31.6 Å². The van der Waals surface area contributed by atoms with Gasteiger partial charge in [0, 0.05) is 12.6 Å². The van der Waals surface area contributed by atoms with E-state index in [1.807, 2.05) is 13.8 Å². The van der Waals surface area contributed by atoms with Gasteiger partial charge in [-0.3, -0.25) is 0 Å². The number of hydrogen-bond acceptors (Lipinski definition) is 3. The highest BCUT2D eigenvalue weighted by molar-refractivity contribution is 7.89. The normalized spacial score (nSPS) is 12.7. The van der Waals surface area contributed by atoms with Gasteiger partial charge in [-0.15, -0.1) is 0 Å². The maximum atomic E-state index is 13.5. The Morgan fingerprint density at radius 2 is 1.95 bits per heavy atom. The van der Waals surface area contributed by atoms with Gasteiger partial charge in [0.1, 0.15) is 16.5 Å². The molecule has 0 bridgehead atoms. The molecule has 1 rings (SSSR count). The monoisotopic (exact) mass is 306 g/mol. The van der Waals surface area contributed by atoms with Crippen molar-refractivity contribution in [3.05, 3.63) is 29.8 Å². The summed E-state index contributed by atoms with van der Waals surface area (Å²) in [6, 6.07) is 2.38. The van der Waals surface area contributed by atoms with E-state index in [1.54, 1.807) is 0 Å². The van der Waals surface area contributed by atoms with Crippen molar-refractivity contribution in [3.8, 4) is 0 Å². The number of nitrogens with two attached hydrogens (primary N) is 1. The molecule has 1 aromatic rings. The van der Waals surface area contributed by atoms with Crippen LogP contribution in [0.1, 0.15) is 26.7 Å². The third-order valence-electron chi connectivity index (χ3n) is 2.98. The van der Waals surface area contributed by atoms with Crippen LogP contribution < -0.4 is 10.5 Å². The van der Waals surface area contributed by atoms with E-state index in [9.17, 15) is 17.2 Å². The maximum absolute atomic E-state index is 13.5. The van der Waals surface area contributed by atoms with Crippen molar-refractivity contribution in [2.75, 3.05) is 13.1 Å². The largest absolute Gasteiger partial charge is 0.330 e. The summed E-state index contributed by atoms with van der Waals surface area (Å²) in [6.07, 6.45) is 1.53. The lowest BCUT2D eigenvalue weighted by Crippen LogP contribution is -2.34. The molecular formula is C13H20F2N2O2S. The molecule has 0 aliphatic rings. The second-order valence-electron chi connectivity index (χ2n) is 5.46. The summed E-state index contributed by atoms with van der Waals surface area (Å²) in [4.78, 5) is -0.548. The maximum Gasteiger partial charge on any atom is 0.243 e. The van der Waals surface area contributed by atoms with E-state index < -0.39 is 26.6 Å². The summed E-state index contributed by atoms with van der Waals surface area (Å²) >= 11 is 0. The van der Waals surface area contributed by atoms with E-state index in [4.69, 9.17) is 5.73 Å². The first-order valence-electron chi connectivity index (χ1n) is 6.33. The average molecular weight is 306 g/mol. The molecule has 7 heteroatoms. The smallest absolute Gasteiger partial charge is 0.243 e. The van der Waals surface area contributed by atoms with E-state index in [0.717, 1.165) is 25.0 Å². The quantitative estimate of drug-likeness (QED) is 0.809. The van der Waals surface area contributed by atoms with Gasteiger partial charge in [-0.2, -0.15) is 0 Å². The molecule has 0 unspecified atom stereocenters. The number of rotatable bonds is 7. The summed E-state index contributed by atoms with van der Waals surface area (Å²) in [7, 11) is -3.99. The van der Waals surface area contributed by atoms with Gasteiger partial charge in [-0.05, 0) is 36.9 Å². The van der Waals surface area contributed by atoms with Gasteiger partial charge in [0.05, 0.1) is 0 Å². The Labute approximate surface area is 118 Å². The van der Waals surface area contributed by atoms with Crippen molar-refractivity contribution in [2.24, 2.45) is 11.1 Å². The highest BCUT2D eigenvalue weighted by Gasteiger charge is 2.24. The number of hydrogen-bond donors (Lipinski definition) is 2. The first-order chi connectivity index (χ1) is 9.18. The Morgan fingerprint density at radius 1 is 1.30 bits per heavy atom. The molecule has 20 heavy (non-hydrogen) atoms. The SMILES string of the molecule is CC(C)(CCCN)CNS(=O)(=O)c1ccc(F)cc1F. The predicted molar refractivity (Wildman–Crippen MR) is 73.6 cm³/mol. The summed E-state index contributed by atoms with van der Waals surface area (Å²) in [5.74, 6) is -1.91. The molecule has 0 fully saturated rings. The minimum absolute atomic E-state index is 0.159. The lowest BCUT2D eigenvalue weighted by molar-refractivity contribution is 0.327. The van der Waals surface area contributed by atoms with Crippen LogP contribution in [0.3, 0.4) is 0 Å². The van der Waals surface area contributed by atoms with Gasteiger partial charge < -0.3 is 5.73 Å². The Bertz CT molecular complexity index is 559. The van der Waals surface area contributed by atoms with Gasteiger partial charge in [-0.1, -0.05) is 13.8 Å². The zero-order valence-electron chi connectivity index (χ0n) is 11.6. The predicted octanol–water partition coefficient (Wildman–Crippen LogP) is 2.01. The fourth-order valence-electron chi connectivity index (χ4n) is 1.73. The summed E-state index contributed by atoms with van der Waals surface area (Å²) in [5.41, 5.74) is 5.13. The number of nitrogens with one attached hydrogen (secondary N) is 1. The zero-order valence-corrected chi connectivity index (χ0v) is 12.4. The molecule has 114 valence electrons. The highest BCUT2D eigenvalue weighted by Crippen LogP contribution is 2.22. The summed E-state index contributed by atoms with van der Waals surface area (Å²) in [5, 5.41) is 0. The summed E-state index contributed by atoms with van der Waals surface area (Å²) in [6.45, 7) is 4.48. The molecule has 0 radical (unpaired) electrons. The van der Waals surface area contributed by atoms with Crippen molar-refractivity contribution in [1.82, 2.24) is 4.72 Å². The van der Waals surface area contributed by atoms with E-state index in [1.165, 1.54) is 0 Å². The molecule has 4 nitrogen and oxygen atoms in total. The minimum Gasteiger partial charge on any atom is -0.330 e. The van der Waals surface area contributed by atoms with E-state index in [2.05, 4.69) is 4.72 Å². The minimum atomic E-state index is -3.99. The first kappa shape index (κ1) is 17.0. The van der Waals surface area contributed by atoms with Crippen LogP contribution in [0.25, 0.3) is 0 Å². The van der Waals surface area contributed by atoms with E-state index in [-0.39, 0.29) is 12.0 Å². The topological polar surface area (TPSA) is 72.2 Å². The number of sulfonamides is 1. The lowest BCUT2D eigenvalue weighted by atomic mass is 9.88. The van der Waals surface area contributed by atoms with Crippen LogP contribution in [0, 0.1) is 17.0 Å². The van der Waals surface area contributed by atoms with Gasteiger partial charge in [0.15, 0.2) is 0 Å². The van der Waals surface area contributed by atoms with Crippen LogP contribution in [-0.4, -0.2) is 21.5 Å². The van der Waals surface area contributed by atoms with Gasteiger partial charge in [0.25, 0.3) is 0 Å². The third-order valence-corrected chi connectivity index (χ3v) is 4.42. The molecule has 0 saturated carbocycles. The molecule has 0 atom stereocenters. The molecule has 0 saturated heterocycles. The Hall–Kier alpha value is -1.05. The van der Waals surface area contributed by atoms with Crippen LogP contribution >= 0.6 is 0 Å². The molecular weight excluding hydrogens is 286 g/mol. The van der Waals surface area contributed by atoms with Crippen molar-refractivity contribution in [1.29, 1.82) is 0 Å². The number of halogens is 2. The van der Waals surface area contributed by atoms with Crippen LogP contribution in [-0.2, 0) is 10.0 Å². The van der Waals surface area contributed by atoms with Crippen LogP contribution in [0.15, 0.2) is 23.1 Å². The van der Waals surface area contributed by atoms with Crippen LogP contribution in [0.5, 0.6) is 0 Å². The second kappa shape index (κ2) is 6.60. The number of benzene rings is 1. The lowest BCUT2D eigenvalue weighted by Gasteiger charge is -2.24. The van der Waals surface area contributed by atoms with Crippen molar-refractivity contribution in [3.63, 3.8) is 0 Å². The molecule has 3 N–H and O–H groups in total.